The largest absolute Gasteiger partial charge is 0.497 e. The van der Waals surface area contributed by atoms with Crippen LogP contribution >= 0.6 is 0 Å². The van der Waals surface area contributed by atoms with Crippen LogP contribution in [0.1, 0.15) is 30.6 Å². The maximum Gasteiger partial charge on any atom is 0.219 e. The van der Waals surface area contributed by atoms with Crippen LogP contribution in [-0.4, -0.2) is 37.5 Å². The van der Waals surface area contributed by atoms with Crippen LogP contribution in [0.25, 0.3) is 10.9 Å². The second-order valence-electron chi connectivity index (χ2n) is 6.82. The Bertz CT molecular complexity index is 667. The Hall–Kier alpha value is -1.81. The van der Waals surface area contributed by atoms with Crippen molar-refractivity contribution in [1.29, 1.82) is 0 Å². The average molecular weight is 301 g/mol. The van der Waals surface area contributed by atoms with Gasteiger partial charge in [0, 0.05) is 34.5 Å². The highest BCUT2D eigenvalue weighted by Crippen LogP contribution is 2.23. The lowest BCUT2D eigenvalue weighted by Crippen LogP contribution is -3.15. The summed E-state index contributed by atoms with van der Waals surface area (Å²) in [4.78, 5) is 17.3. The number of benzene rings is 1. The van der Waals surface area contributed by atoms with E-state index in [1.807, 2.05) is 24.4 Å². The van der Waals surface area contributed by atoms with Crippen LogP contribution in [0.5, 0.6) is 5.75 Å². The lowest BCUT2D eigenvalue weighted by atomic mass is 9.91. The molecular formula is C18H25N2O2+. The summed E-state index contributed by atoms with van der Waals surface area (Å²) < 4.78 is 5.27. The van der Waals surface area contributed by atoms with Crippen LogP contribution in [0.3, 0.4) is 0 Å². The van der Waals surface area contributed by atoms with Crippen molar-refractivity contribution >= 4 is 16.7 Å². The smallest absolute Gasteiger partial charge is 0.219 e. The van der Waals surface area contributed by atoms with Gasteiger partial charge in [0.2, 0.25) is 5.78 Å². The Morgan fingerprint density at radius 1 is 1.32 bits per heavy atom. The monoisotopic (exact) mass is 301 g/mol. The maximum absolute atomic E-state index is 12.7. The molecule has 0 amide bonds. The number of hydrogen-bond acceptors (Lipinski definition) is 2. The summed E-state index contributed by atoms with van der Waals surface area (Å²) in [6.07, 6.45) is 3.12. The zero-order valence-electron chi connectivity index (χ0n) is 13.6. The van der Waals surface area contributed by atoms with Gasteiger partial charge in [0.15, 0.2) is 0 Å². The molecule has 1 aliphatic rings. The predicted octanol–water partition coefficient (Wildman–Crippen LogP) is 1.92. The fraction of sp³-hybridized carbons (Fsp3) is 0.500. The number of rotatable bonds is 4. The Labute approximate surface area is 131 Å². The highest BCUT2D eigenvalue weighted by Gasteiger charge is 2.27. The summed E-state index contributed by atoms with van der Waals surface area (Å²) in [5.74, 6) is 2.41. The predicted molar refractivity (Wildman–Crippen MR) is 87.7 cm³/mol. The number of carbonyl (C=O) groups is 1. The van der Waals surface area contributed by atoms with Crippen LogP contribution in [0.2, 0.25) is 0 Å². The SMILES string of the molecule is COc1ccc2[nH]cc(C(=O)C[NH+]3C[C@@H](C)C[C@H](C)C3)c2c1. The minimum absolute atomic E-state index is 0.218. The summed E-state index contributed by atoms with van der Waals surface area (Å²) in [7, 11) is 1.65. The molecule has 0 bridgehead atoms. The van der Waals surface area contributed by atoms with Gasteiger partial charge in [-0.1, -0.05) is 13.8 Å². The topological polar surface area (TPSA) is 46.5 Å². The van der Waals surface area contributed by atoms with Crippen molar-refractivity contribution in [3.8, 4) is 5.75 Å². The second-order valence-corrected chi connectivity index (χ2v) is 6.82. The zero-order valence-corrected chi connectivity index (χ0v) is 13.6. The molecule has 0 spiro atoms. The third-order valence-electron chi connectivity index (χ3n) is 4.68. The fourth-order valence-electron chi connectivity index (χ4n) is 3.85. The van der Waals surface area contributed by atoms with Gasteiger partial charge in [0.1, 0.15) is 12.3 Å². The summed E-state index contributed by atoms with van der Waals surface area (Å²) >= 11 is 0. The molecule has 1 saturated heterocycles. The average Bonchev–Trinajstić information content (AvgIpc) is 2.88. The quantitative estimate of drug-likeness (QED) is 0.848. The molecule has 1 aliphatic heterocycles. The molecule has 2 N–H and O–H groups in total. The van der Waals surface area contributed by atoms with E-state index < -0.39 is 0 Å². The van der Waals surface area contributed by atoms with Gasteiger partial charge in [0.25, 0.3) is 0 Å². The van der Waals surface area contributed by atoms with E-state index in [2.05, 4.69) is 18.8 Å². The number of aromatic nitrogens is 1. The molecule has 22 heavy (non-hydrogen) atoms. The molecule has 3 rings (SSSR count). The highest BCUT2D eigenvalue weighted by atomic mass is 16.5. The van der Waals surface area contributed by atoms with Crippen molar-refractivity contribution in [3.63, 3.8) is 0 Å². The molecule has 0 aliphatic carbocycles. The molecule has 4 heteroatoms. The van der Waals surface area contributed by atoms with Gasteiger partial charge in [-0.05, 0) is 24.6 Å². The second kappa shape index (κ2) is 6.13. The number of fused-ring (bicyclic) bond motifs is 1. The first-order chi connectivity index (χ1) is 10.6. The number of quaternary nitrogens is 1. The van der Waals surface area contributed by atoms with Gasteiger partial charge in [-0.15, -0.1) is 0 Å². The number of likely N-dealkylation sites (tertiary alicyclic amines) is 1. The van der Waals surface area contributed by atoms with Crippen LogP contribution in [0.4, 0.5) is 0 Å². The molecular weight excluding hydrogens is 276 g/mol. The van der Waals surface area contributed by atoms with Crippen molar-refractivity contribution in [1.82, 2.24) is 4.98 Å². The Balaban J connectivity index is 1.80. The molecule has 1 fully saturated rings. The molecule has 2 heterocycles. The van der Waals surface area contributed by atoms with Crippen molar-refractivity contribution in [3.05, 3.63) is 30.0 Å². The number of Topliss-reactive ketones (excluding diaryl/α,β-unsaturated/α-hetero) is 1. The van der Waals surface area contributed by atoms with E-state index in [0.29, 0.717) is 18.4 Å². The number of ether oxygens (including phenoxy) is 1. The van der Waals surface area contributed by atoms with Crippen LogP contribution in [0, 0.1) is 11.8 Å². The van der Waals surface area contributed by atoms with Gasteiger partial charge >= 0.3 is 0 Å². The number of hydrogen-bond donors (Lipinski definition) is 2. The number of piperidine rings is 1. The van der Waals surface area contributed by atoms with Gasteiger partial charge in [-0.2, -0.15) is 0 Å². The standard InChI is InChI=1S/C18H24N2O2/c1-12-6-13(2)10-20(9-12)11-18(21)16-8-19-17-5-4-14(22-3)7-15(16)17/h4-5,7-8,12-13,19H,6,9-11H2,1-3H3/p+1/t12-,13-/m0/s1. The third-order valence-corrected chi connectivity index (χ3v) is 4.68. The third kappa shape index (κ3) is 3.02. The highest BCUT2D eigenvalue weighted by molar-refractivity contribution is 6.08. The molecule has 0 saturated carbocycles. The van der Waals surface area contributed by atoms with Gasteiger partial charge in [-0.3, -0.25) is 4.79 Å². The van der Waals surface area contributed by atoms with E-state index in [-0.39, 0.29) is 5.78 Å². The van der Waals surface area contributed by atoms with Crippen molar-refractivity contribution in [2.45, 2.75) is 20.3 Å². The Kier molecular flexibility index (Phi) is 4.21. The van der Waals surface area contributed by atoms with Gasteiger partial charge in [0.05, 0.1) is 20.2 Å². The van der Waals surface area contributed by atoms with Crippen molar-refractivity contribution in [2.24, 2.45) is 11.8 Å². The van der Waals surface area contributed by atoms with Crippen molar-refractivity contribution < 1.29 is 14.4 Å². The first-order valence-corrected chi connectivity index (χ1v) is 8.08. The normalized spacial score (nSPS) is 25.3. The van der Waals surface area contributed by atoms with Crippen LogP contribution < -0.4 is 9.64 Å². The number of methoxy groups -OCH3 is 1. The van der Waals surface area contributed by atoms with Gasteiger partial charge < -0.3 is 14.6 Å². The summed E-state index contributed by atoms with van der Waals surface area (Å²) in [6.45, 7) is 7.36. The minimum atomic E-state index is 0.218. The first-order valence-electron chi connectivity index (χ1n) is 8.08. The molecule has 1 aromatic heterocycles. The molecule has 0 unspecified atom stereocenters. The van der Waals surface area contributed by atoms with E-state index >= 15 is 0 Å². The number of carbonyl (C=O) groups excluding carboxylic acids is 1. The summed E-state index contributed by atoms with van der Waals surface area (Å²) in [6, 6.07) is 5.81. The molecule has 2 atom stereocenters. The first kappa shape index (κ1) is 15.1. The Morgan fingerprint density at radius 3 is 2.73 bits per heavy atom. The summed E-state index contributed by atoms with van der Waals surface area (Å²) in [5.41, 5.74) is 1.77. The van der Waals surface area contributed by atoms with E-state index in [4.69, 9.17) is 4.74 Å². The van der Waals surface area contributed by atoms with E-state index in [0.717, 1.165) is 35.3 Å². The van der Waals surface area contributed by atoms with Gasteiger partial charge in [-0.25, -0.2) is 0 Å². The number of aromatic amines is 1. The number of H-pyrrole nitrogens is 1. The van der Waals surface area contributed by atoms with Crippen LogP contribution in [0.15, 0.2) is 24.4 Å². The zero-order chi connectivity index (χ0) is 15.7. The Morgan fingerprint density at radius 2 is 2.05 bits per heavy atom. The molecule has 0 radical (unpaired) electrons. The molecule has 2 aromatic rings. The lowest BCUT2D eigenvalue weighted by Gasteiger charge is -2.31. The summed E-state index contributed by atoms with van der Waals surface area (Å²) in [5, 5.41) is 0.960. The molecule has 4 nitrogen and oxygen atoms in total. The molecule has 1 aromatic carbocycles. The fourth-order valence-corrected chi connectivity index (χ4v) is 3.85. The maximum atomic E-state index is 12.7. The van der Waals surface area contributed by atoms with E-state index in [1.54, 1.807) is 7.11 Å². The van der Waals surface area contributed by atoms with Crippen LogP contribution in [-0.2, 0) is 0 Å². The van der Waals surface area contributed by atoms with E-state index in [1.165, 1.54) is 11.3 Å². The van der Waals surface area contributed by atoms with E-state index in [9.17, 15) is 4.79 Å². The molecule has 118 valence electrons. The lowest BCUT2D eigenvalue weighted by molar-refractivity contribution is -0.903. The number of ketones is 1. The number of nitrogens with one attached hydrogen (secondary N) is 2. The van der Waals surface area contributed by atoms with Crippen molar-refractivity contribution in [2.75, 3.05) is 26.7 Å². The minimum Gasteiger partial charge on any atom is -0.497 e.